The number of nitrogens with one attached hydrogen (secondary N) is 1. The molecule has 5 nitrogen and oxygen atoms in total. The summed E-state index contributed by atoms with van der Waals surface area (Å²) in [4.78, 5) is 18.1. The van der Waals surface area contributed by atoms with E-state index in [4.69, 9.17) is 0 Å². The first-order chi connectivity index (χ1) is 11.7. The second-order valence-electron chi connectivity index (χ2n) is 6.33. The van der Waals surface area contributed by atoms with Crippen LogP contribution < -0.4 is 5.32 Å². The predicted molar refractivity (Wildman–Crippen MR) is 99.2 cm³/mol. The fraction of sp³-hybridized carbons (Fsp3) is 0.500. The number of thiophene rings is 1. The predicted octanol–water partition coefficient (Wildman–Crippen LogP) is 2.30. The number of carbonyl (C=O) groups excluding carboxylic acids is 1. The smallest absolute Gasteiger partial charge is 0.263 e. The largest absolute Gasteiger partial charge is 0.351 e. The van der Waals surface area contributed by atoms with Gasteiger partial charge in [-0.05, 0) is 50.0 Å². The van der Waals surface area contributed by atoms with Crippen molar-refractivity contribution >= 4 is 17.2 Å². The summed E-state index contributed by atoms with van der Waals surface area (Å²) in [7, 11) is 2.18. The summed E-state index contributed by atoms with van der Waals surface area (Å²) >= 11 is 1.50. The third-order valence-electron chi connectivity index (χ3n) is 4.52. The number of hydrogen-bond donors (Lipinski definition) is 1. The Bertz CT molecular complexity index is 629. The molecule has 130 valence electrons. The van der Waals surface area contributed by atoms with E-state index in [0.29, 0.717) is 0 Å². The Kier molecular flexibility index (Phi) is 6.07. The van der Waals surface area contributed by atoms with E-state index in [1.54, 1.807) is 0 Å². The molecule has 0 spiro atoms. The quantitative estimate of drug-likeness (QED) is 0.782. The van der Waals surface area contributed by atoms with Crippen LogP contribution in [-0.2, 0) is 0 Å². The monoisotopic (exact) mass is 346 g/mol. The lowest BCUT2D eigenvalue weighted by molar-refractivity contribution is 0.0956. The van der Waals surface area contributed by atoms with Crippen LogP contribution in [0.1, 0.15) is 22.5 Å². The number of unbranched alkanes of at least 4 members (excludes halogenated alkanes) is 1. The third-order valence-corrected chi connectivity index (χ3v) is 5.42. The normalized spacial score (nSPS) is 16.4. The van der Waals surface area contributed by atoms with Crippen LogP contribution in [0.5, 0.6) is 0 Å². The van der Waals surface area contributed by atoms with Gasteiger partial charge in [0, 0.05) is 45.1 Å². The van der Waals surface area contributed by atoms with Crippen molar-refractivity contribution in [3.8, 4) is 5.69 Å². The Hall–Kier alpha value is -1.63. The lowest BCUT2D eigenvalue weighted by Gasteiger charge is -2.32. The zero-order valence-corrected chi connectivity index (χ0v) is 15.1. The maximum atomic E-state index is 12.4. The summed E-state index contributed by atoms with van der Waals surface area (Å²) in [6, 6.07) is 5.93. The van der Waals surface area contributed by atoms with Crippen LogP contribution in [0.15, 0.2) is 36.0 Å². The van der Waals surface area contributed by atoms with Crippen molar-refractivity contribution in [2.45, 2.75) is 12.8 Å². The number of nitrogens with zero attached hydrogens (tertiary/aromatic N) is 3. The average molecular weight is 347 g/mol. The zero-order chi connectivity index (χ0) is 16.8. The molecule has 0 aliphatic carbocycles. The molecule has 1 aliphatic rings. The molecule has 3 rings (SSSR count). The Morgan fingerprint density at radius 2 is 1.92 bits per heavy atom. The summed E-state index contributed by atoms with van der Waals surface area (Å²) in [5.41, 5.74) is 0.958. The molecule has 1 amide bonds. The summed E-state index contributed by atoms with van der Waals surface area (Å²) in [5.74, 6) is 0.0355. The van der Waals surface area contributed by atoms with E-state index in [1.165, 1.54) is 11.3 Å². The van der Waals surface area contributed by atoms with E-state index in [0.717, 1.165) is 62.7 Å². The average Bonchev–Trinajstić information content (AvgIpc) is 3.27. The van der Waals surface area contributed by atoms with Crippen molar-refractivity contribution in [2.24, 2.45) is 0 Å². The lowest BCUT2D eigenvalue weighted by atomic mass is 10.2. The van der Waals surface area contributed by atoms with Gasteiger partial charge in [-0.1, -0.05) is 0 Å². The van der Waals surface area contributed by atoms with Crippen molar-refractivity contribution in [3.63, 3.8) is 0 Å². The van der Waals surface area contributed by atoms with Crippen molar-refractivity contribution in [1.29, 1.82) is 0 Å². The number of hydrogen-bond acceptors (Lipinski definition) is 4. The van der Waals surface area contributed by atoms with Crippen molar-refractivity contribution in [2.75, 3.05) is 46.3 Å². The second kappa shape index (κ2) is 8.46. The fourth-order valence-electron chi connectivity index (χ4n) is 2.98. The molecule has 1 fully saturated rings. The highest BCUT2D eigenvalue weighted by Gasteiger charge is 2.15. The summed E-state index contributed by atoms with van der Waals surface area (Å²) in [6.45, 7) is 6.54. The lowest BCUT2D eigenvalue weighted by Crippen LogP contribution is -2.44. The van der Waals surface area contributed by atoms with E-state index >= 15 is 0 Å². The fourth-order valence-corrected chi connectivity index (χ4v) is 3.79. The molecule has 0 saturated carbocycles. The number of carbonyl (C=O) groups is 1. The van der Waals surface area contributed by atoms with Gasteiger partial charge in [0.2, 0.25) is 0 Å². The van der Waals surface area contributed by atoms with Crippen molar-refractivity contribution in [1.82, 2.24) is 19.7 Å². The molecule has 1 N–H and O–H groups in total. The number of rotatable bonds is 7. The van der Waals surface area contributed by atoms with Crippen LogP contribution in [0.2, 0.25) is 0 Å². The molecule has 6 heteroatoms. The molecular formula is C18H26N4OS. The molecule has 1 saturated heterocycles. The molecule has 1 aliphatic heterocycles. The molecule has 24 heavy (non-hydrogen) atoms. The van der Waals surface area contributed by atoms with E-state index in [1.807, 2.05) is 40.5 Å². The van der Waals surface area contributed by atoms with Crippen LogP contribution in [0.3, 0.4) is 0 Å². The van der Waals surface area contributed by atoms with Gasteiger partial charge < -0.3 is 19.7 Å². The van der Waals surface area contributed by atoms with Gasteiger partial charge in [0.1, 0.15) is 4.88 Å². The molecule has 0 aromatic carbocycles. The first-order valence-electron chi connectivity index (χ1n) is 8.64. The topological polar surface area (TPSA) is 40.5 Å². The van der Waals surface area contributed by atoms with Gasteiger partial charge in [-0.25, -0.2) is 0 Å². The number of piperazine rings is 1. The summed E-state index contributed by atoms with van der Waals surface area (Å²) < 4.78 is 1.98. The van der Waals surface area contributed by atoms with E-state index in [2.05, 4.69) is 22.2 Å². The highest BCUT2D eigenvalue weighted by atomic mass is 32.1. The van der Waals surface area contributed by atoms with Gasteiger partial charge in [-0.15, -0.1) is 11.3 Å². The van der Waals surface area contributed by atoms with Gasteiger partial charge in [0.05, 0.1) is 5.69 Å². The van der Waals surface area contributed by atoms with Crippen molar-refractivity contribution in [3.05, 3.63) is 40.8 Å². The minimum absolute atomic E-state index is 0.0355. The maximum absolute atomic E-state index is 12.4. The standard InChI is InChI=1S/C18H26N4OS/c1-20-11-13-21(14-12-20)8-3-2-7-19-18(23)17-16(6-15-24-17)22-9-4-5-10-22/h4-6,9-10,15H,2-3,7-8,11-14H2,1H3,(H,19,23). The third kappa shape index (κ3) is 4.47. The Morgan fingerprint density at radius 1 is 1.17 bits per heavy atom. The molecule has 0 unspecified atom stereocenters. The minimum atomic E-state index is 0.0355. The van der Waals surface area contributed by atoms with Crippen molar-refractivity contribution < 1.29 is 4.79 Å². The molecule has 2 aromatic rings. The highest BCUT2D eigenvalue weighted by molar-refractivity contribution is 7.12. The van der Waals surface area contributed by atoms with E-state index < -0.39 is 0 Å². The second-order valence-corrected chi connectivity index (χ2v) is 7.25. The van der Waals surface area contributed by atoms with Crippen LogP contribution in [0, 0.1) is 0 Å². The Balaban J connectivity index is 1.38. The van der Waals surface area contributed by atoms with Gasteiger partial charge in [0.25, 0.3) is 5.91 Å². The van der Waals surface area contributed by atoms with Crippen LogP contribution in [0.25, 0.3) is 5.69 Å². The van der Waals surface area contributed by atoms with E-state index in [9.17, 15) is 4.79 Å². The first-order valence-corrected chi connectivity index (χ1v) is 9.52. The van der Waals surface area contributed by atoms with E-state index in [-0.39, 0.29) is 5.91 Å². The molecule has 3 heterocycles. The first kappa shape index (κ1) is 17.2. The maximum Gasteiger partial charge on any atom is 0.263 e. The van der Waals surface area contributed by atoms with Crippen LogP contribution in [-0.4, -0.2) is 66.6 Å². The highest BCUT2D eigenvalue weighted by Crippen LogP contribution is 2.21. The number of aromatic nitrogens is 1. The number of amides is 1. The van der Waals surface area contributed by atoms with Crippen LogP contribution in [0.4, 0.5) is 0 Å². The van der Waals surface area contributed by atoms with Gasteiger partial charge in [-0.2, -0.15) is 0 Å². The minimum Gasteiger partial charge on any atom is -0.351 e. The Labute approximate surface area is 147 Å². The van der Waals surface area contributed by atoms with Gasteiger partial charge in [-0.3, -0.25) is 4.79 Å². The summed E-state index contributed by atoms with van der Waals surface area (Å²) in [6.07, 6.45) is 6.10. The Morgan fingerprint density at radius 3 is 2.67 bits per heavy atom. The number of likely N-dealkylation sites (N-methyl/N-ethyl adjacent to an activating group) is 1. The molecule has 0 atom stereocenters. The van der Waals surface area contributed by atoms with Crippen LogP contribution >= 0.6 is 11.3 Å². The molecular weight excluding hydrogens is 320 g/mol. The summed E-state index contributed by atoms with van der Waals surface area (Å²) in [5, 5.41) is 5.03. The SMILES string of the molecule is CN1CCN(CCCCNC(=O)c2sccc2-n2cccc2)CC1. The molecule has 0 bridgehead atoms. The zero-order valence-electron chi connectivity index (χ0n) is 14.3. The molecule has 0 radical (unpaired) electrons. The van der Waals surface area contributed by atoms with Gasteiger partial charge in [0.15, 0.2) is 0 Å². The van der Waals surface area contributed by atoms with Gasteiger partial charge >= 0.3 is 0 Å². The molecule has 2 aromatic heterocycles.